The van der Waals surface area contributed by atoms with Crippen molar-refractivity contribution >= 4 is 5.78 Å². The largest absolute Gasteiger partial charge is 0.381 e. The van der Waals surface area contributed by atoms with E-state index in [9.17, 15) is 4.79 Å². The molecule has 106 valence electrons. The van der Waals surface area contributed by atoms with Gasteiger partial charge in [-0.25, -0.2) is 0 Å². The van der Waals surface area contributed by atoms with E-state index in [4.69, 9.17) is 10.00 Å². The quantitative estimate of drug-likeness (QED) is 0.751. The topological polar surface area (TPSA) is 66.2 Å². The monoisotopic (exact) mass is 273 g/mol. The van der Waals surface area contributed by atoms with Crippen molar-refractivity contribution in [2.75, 3.05) is 26.3 Å². The van der Waals surface area contributed by atoms with E-state index in [0.717, 1.165) is 12.0 Å². The van der Waals surface area contributed by atoms with E-state index < -0.39 is 0 Å². The molecule has 20 heavy (non-hydrogen) atoms. The first-order valence-electron chi connectivity index (χ1n) is 6.88. The molecule has 2 rings (SSSR count). The van der Waals surface area contributed by atoms with E-state index in [1.54, 1.807) is 12.4 Å². The van der Waals surface area contributed by atoms with Gasteiger partial charge in [0.15, 0.2) is 5.78 Å². The van der Waals surface area contributed by atoms with Gasteiger partial charge in [0.2, 0.25) is 0 Å². The van der Waals surface area contributed by atoms with Gasteiger partial charge in [0.05, 0.1) is 19.2 Å². The second kappa shape index (κ2) is 7.73. The lowest BCUT2D eigenvalue weighted by Crippen LogP contribution is -2.33. The Morgan fingerprint density at radius 3 is 3.15 bits per heavy atom. The average molecular weight is 273 g/mol. The van der Waals surface area contributed by atoms with Gasteiger partial charge in [0.1, 0.15) is 0 Å². The summed E-state index contributed by atoms with van der Waals surface area (Å²) in [5, 5.41) is 8.73. The van der Waals surface area contributed by atoms with Gasteiger partial charge in [0, 0.05) is 44.4 Å². The number of carbonyl (C=O) groups is 1. The maximum absolute atomic E-state index is 12.2. The fourth-order valence-electron chi connectivity index (χ4n) is 2.31. The maximum Gasteiger partial charge on any atom is 0.152 e. The lowest BCUT2D eigenvalue weighted by molar-refractivity contribution is -0.124. The van der Waals surface area contributed by atoms with Gasteiger partial charge in [-0.2, -0.15) is 5.26 Å². The maximum atomic E-state index is 12.2. The number of hydrogen-bond acceptors (Lipinski definition) is 5. The van der Waals surface area contributed by atoms with Crippen molar-refractivity contribution in [2.24, 2.45) is 5.92 Å². The third-order valence-corrected chi connectivity index (χ3v) is 3.43. The number of aromatic nitrogens is 1. The lowest BCUT2D eigenvalue weighted by atomic mass is 10.0. The minimum absolute atomic E-state index is 0.0217. The Labute approximate surface area is 119 Å². The minimum atomic E-state index is 0.0217. The molecule has 1 aliphatic heterocycles. The standard InChI is InChI=1S/C15H19N3O2/c16-5-2-7-18(10-13-3-1-6-17-9-13)11-15(19)14-4-8-20-12-14/h1,3,6,9,14H,2,4,7-8,10-12H2. The summed E-state index contributed by atoms with van der Waals surface area (Å²) in [6, 6.07) is 5.99. The van der Waals surface area contributed by atoms with E-state index in [1.165, 1.54) is 0 Å². The summed E-state index contributed by atoms with van der Waals surface area (Å²) in [6.45, 7) is 2.85. The number of nitrogens with zero attached hydrogens (tertiary/aromatic N) is 3. The van der Waals surface area contributed by atoms with Crippen LogP contribution < -0.4 is 0 Å². The van der Waals surface area contributed by atoms with E-state index in [0.29, 0.717) is 39.3 Å². The summed E-state index contributed by atoms with van der Waals surface area (Å²) in [6.07, 6.45) is 4.76. The Morgan fingerprint density at radius 2 is 2.50 bits per heavy atom. The molecule has 1 aromatic rings. The Kier molecular flexibility index (Phi) is 5.66. The lowest BCUT2D eigenvalue weighted by Gasteiger charge is -2.21. The number of hydrogen-bond donors (Lipinski definition) is 0. The second-order valence-electron chi connectivity index (χ2n) is 5.01. The summed E-state index contributed by atoms with van der Waals surface area (Å²) in [4.78, 5) is 18.3. The third-order valence-electron chi connectivity index (χ3n) is 3.43. The van der Waals surface area contributed by atoms with Crippen LogP contribution in [0.1, 0.15) is 18.4 Å². The summed E-state index contributed by atoms with van der Waals surface area (Å²) in [7, 11) is 0. The van der Waals surface area contributed by atoms with Crippen LogP contribution >= 0.6 is 0 Å². The SMILES string of the molecule is N#CCCN(CC(=O)C1CCOC1)Cc1cccnc1. The van der Waals surface area contributed by atoms with Crippen LogP contribution in [0.25, 0.3) is 0 Å². The van der Waals surface area contributed by atoms with Crippen molar-refractivity contribution in [3.63, 3.8) is 0 Å². The van der Waals surface area contributed by atoms with Gasteiger partial charge in [-0.1, -0.05) is 6.07 Å². The minimum Gasteiger partial charge on any atom is -0.381 e. The van der Waals surface area contributed by atoms with Crippen molar-refractivity contribution in [3.05, 3.63) is 30.1 Å². The van der Waals surface area contributed by atoms with Crippen molar-refractivity contribution in [2.45, 2.75) is 19.4 Å². The molecule has 0 N–H and O–H groups in total. The first kappa shape index (κ1) is 14.6. The fourth-order valence-corrected chi connectivity index (χ4v) is 2.31. The first-order chi connectivity index (χ1) is 9.79. The summed E-state index contributed by atoms with van der Waals surface area (Å²) < 4.78 is 5.26. The van der Waals surface area contributed by atoms with Gasteiger partial charge in [-0.3, -0.25) is 14.7 Å². The molecule has 0 aliphatic carbocycles. The zero-order valence-corrected chi connectivity index (χ0v) is 11.5. The van der Waals surface area contributed by atoms with Crippen molar-refractivity contribution in [1.82, 2.24) is 9.88 Å². The molecule has 1 unspecified atom stereocenters. The molecule has 1 aromatic heterocycles. The molecule has 2 heterocycles. The highest BCUT2D eigenvalue weighted by Crippen LogP contribution is 2.15. The number of pyridine rings is 1. The summed E-state index contributed by atoms with van der Waals surface area (Å²) >= 11 is 0. The molecule has 0 saturated carbocycles. The Morgan fingerprint density at radius 1 is 1.60 bits per heavy atom. The molecular formula is C15H19N3O2. The number of ketones is 1. The molecule has 1 aliphatic rings. The number of carbonyl (C=O) groups excluding carboxylic acids is 1. The van der Waals surface area contributed by atoms with Crippen molar-refractivity contribution in [3.8, 4) is 6.07 Å². The molecule has 5 heteroatoms. The Hall–Kier alpha value is -1.77. The molecule has 0 aromatic carbocycles. The second-order valence-corrected chi connectivity index (χ2v) is 5.01. The van der Waals surface area contributed by atoms with E-state index in [1.807, 2.05) is 17.0 Å². The molecule has 1 fully saturated rings. The van der Waals surface area contributed by atoms with Crippen LogP contribution in [0.3, 0.4) is 0 Å². The van der Waals surface area contributed by atoms with Crippen LogP contribution in [0.5, 0.6) is 0 Å². The highest BCUT2D eigenvalue weighted by Gasteiger charge is 2.24. The van der Waals surface area contributed by atoms with E-state index in [-0.39, 0.29) is 11.7 Å². The molecule has 5 nitrogen and oxygen atoms in total. The van der Waals surface area contributed by atoms with Gasteiger partial charge in [0.25, 0.3) is 0 Å². The van der Waals surface area contributed by atoms with Crippen LogP contribution in [0, 0.1) is 17.2 Å². The highest BCUT2D eigenvalue weighted by atomic mass is 16.5. The van der Waals surface area contributed by atoms with Crippen LogP contribution in [0.4, 0.5) is 0 Å². The first-order valence-corrected chi connectivity index (χ1v) is 6.88. The van der Waals surface area contributed by atoms with Gasteiger partial charge in [-0.15, -0.1) is 0 Å². The predicted molar refractivity (Wildman–Crippen MR) is 73.7 cm³/mol. The molecular weight excluding hydrogens is 254 g/mol. The third kappa shape index (κ3) is 4.41. The number of nitriles is 1. The Balaban J connectivity index is 1.92. The predicted octanol–water partition coefficient (Wildman–Crippen LogP) is 1.40. The van der Waals surface area contributed by atoms with Gasteiger partial charge < -0.3 is 4.74 Å². The Bertz CT molecular complexity index is 464. The normalized spacial score (nSPS) is 18.1. The summed E-state index contributed by atoms with van der Waals surface area (Å²) in [5.41, 5.74) is 1.06. The van der Waals surface area contributed by atoms with Crippen LogP contribution in [0.2, 0.25) is 0 Å². The van der Waals surface area contributed by atoms with Gasteiger partial charge >= 0.3 is 0 Å². The number of rotatable bonds is 7. The zero-order valence-electron chi connectivity index (χ0n) is 11.5. The number of Topliss-reactive ketones (excluding diaryl/α,β-unsaturated/α-hetero) is 1. The van der Waals surface area contributed by atoms with Gasteiger partial charge in [-0.05, 0) is 18.1 Å². The molecule has 0 radical (unpaired) electrons. The van der Waals surface area contributed by atoms with Crippen molar-refractivity contribution < 1.29 is 9.53 Å². The van der Waals surface area contributed by atoms with E-state index in [2.05, 4.69) is 11.1 Å². The molecule has 0 spiro atoms. The van der Waals surface area contributed by atoms with Crippen LogP contribution in [0.15, 0.2) is 24.5 Å². The fraction of sp³-hybridized carbons (Fsp3) is 0.533. The molecule has 0 bridgehead atoms. The number of ether oxygens (including phenoxy) is 1. The van der Waals surface area contributed by atoms with Crippen LogP contribution in [-0.4, -0.2) is 42.0 Å². The summed E-state index contributed by atoms with van der Waals surface area (Å²) in [5.74, 6) is 0.234. The molecule has 1 saturated heterocycles. The highest BCUT2D eigenvalue weighted by molar-refractivity contribution is 5.83. The van der Waals surface area contributed by atoms with Crippen molar-refractivity contribution in [1.29, 1.82) is 5.26 Å². The van der Waals surface area contributed by atoms with Crippen LogP contribution in [-0.2, 0) is 16.1 Å². The smallest absolute Gasteiger partial charge is 0.152 e. The average Bonchev–Trinajstić information content (AvgIpc) is 3.00. The van der Waals surface area contributed by atoms with E-state index >= 15 is 0 Å². The zero-order chi connectivity index (χ0) is 14.2. The molecule has 1 atom stereocenters. The molecule has 0 amide bonds.